The van der Waals surface area contributed by atoms with E-state index in [4.69, 9.17) is 9.29 Å². The number of rotatable bonds is 10. The van der Waals surface area contributed by atoms with Gasteiger partial charge in [-0.05, 0) is 64.3 Å². The highest BCUT2D eigenvalue weighted by Gasteiger charge is 2.22. The summed E-state index contributed by atoms with van der Waals surface area (Å²) in [6, 6.07) is 8.02. The first-order valence-electron chi connectivity index (χ1n) is 11.6. The van der Waals surface area contributed by atoms with E-state index in [0.29, 0.717) is 6.54 Å². The van der Waals surface area contributed by atoms with Gasteiger partial charge in [0.25, 0.3) is 0 Å². The Bertz CT molecular complexity index is 960. The number of carbonyl (C=O) groups is 1. The van der Waals surface area contributed by atoms with Crippen molar-refractivity contribution in [1.82, 2.24) is 15.1 Å². The van der Waals surface area contributed by atoms with E-state index in [1.807, 2.05) is 77.3 Å². The Hall–Kier alpha value is -2.90. The minimum atomic E-state index is -4.16. The number of carbonyl (C=O) groups excluding carboxylic acids is 1. The zero-order chi connectivity index (χ0) is 27.4. The standard InChI is InChI=1S/C22H36N6O2.CH4O4S/c1-22(2,3)30-21(29)23-14-8-7-9-15-28-17-16-27(6)20(28)25-24-18-10-12-19(13-11-18)26(4)5;1-5-6(2,3)4/h10-13,16-17,20H,7-9,14-15H2,1-6H3,(H,23,29);1H3,(H,2,3,4). The van der Waals surface area contributed by atoms with E-state index in [2.05, 4.69) is 35.7 Å². The molecule has 1 aromatic rings. The number of ether oxygens (including phenoxy) is 1. The summed E-state index contributed by atoms with van der Waals surface area (Å²) in [5, 5.41) is 11.7. The average Bonchev–Trinajstić information content (AvgIpc) is 3.13. The van der Waals surface area contributed by atoms with Crippen LogP contribution in [0.3, 0.4) is 0 Å². The predicted molar refractivity (Wildman–Crippen MR) is 139 cm³/mol. The van der Waals surface area contributed by atoms with E-state index in [-0.39, 0.29) is 12.4 Å². The fourth-order valence-electron chi connectivity index (χ4n) is 2.95. The number of anilines is 1. The number of benzene rings is 1. The molecule has 12 nitrogen and oxygen atoms in total. The Kier molecular flexibility index (Phi) is 12.6. The third kappa shape index (κ3) is 13.3. The molecule has 1 aromatic carbocycles. The Balaban J connectivity index is 0.000000960. The fraction of sp³-hybridized carbons (Fsp3) is 0.609. The minimum Gasteiger partial charge on any atom is -0.444 e. The van der Waals surface area contributed by atoms with Gasteiger partial charge in [0, 0.05) is 52.3 Å². The molecule has 2 N–H and O–H groups in total. The van der Waals surface area contributed by atoms with E-state index < -0.39 is 16.0 Å². The van der Waals surface area contributed by atoms with E-state index >= 15 is 0 Å². The van der Waals surface area contributed by atoms with Crippen LogP contribution >= 0.6 is 0 Å². The summed E-state index contributed by atoms with van der Waals surface area (Å²) in [6.07, 6.45) is 6.53. The highest BCUT2D eigenvalue weighted by molar-refractivity contribution is 7.80. The van der Waals surface area contributed by atoms with Crippen LogP contribution in [-0.4, -0.2) is 82.1 Å². The summed E-state index contributed by atoms with van der Waals surface area (Å²) in [4.78, 5) is 17.9. The maximum Gasteiger partial charge on any atom is 0.407 e. The molecule has 0 aliphatic carbocycles. The van der Waals surface area contributed by atoms with E-state index in [9.17, 15) is 13.2 Å². The van der Waals surface area contributed by atoms with Crippen LogP contribution in [0.15, 0.2) is 46.9 Å². The van der Waals surface area contributed by atoms with Crippen molar-refractivity contribution in [3.8, 4) is 0 Å². The second kappa shape index (κ2) is 14.6. The zero-order valence-electron chi connectivity index (χ0n) is 22.2. The molecule has 204 valence electrons. The number of nitrogens with zero attached hydrogens (tertiary/aromatic N) is 5. The van der Waals surface area contributed by atoms with Crippen molar-refractivity contribution < 1.29 is 26.7 Å². The number of amides is 1. The highest BCUT2D eigenvalue weighted by Crippen LogP contribution is 2.22. The average molecular weight is 529 g/mol. The van der Waals surface area contributed by atoms with Crippen molar-refractivity contribution in [3.05, 3.63) is 36.7 Å². The van der Waals surface area contributed by atoms with Crippen molar-refractivity contribution in [2.45, 2.75) is 51.9 Å². The molecule has 1 aliphatic rings. The molecule has 13 heteroatoms. The molecule has 2 rings (SSSR count). The van der Waals surface area contributed by atoms with Crippen molar-refractivity contribution >= 4 is 27.9 Å². The molecule has 1 aliphatic heterocycles. The quantitative estimate of drug-likeness (QED) is 0.262. The molecule has 0 saturated carbocycles. The van der Waals surface area contributed by atoms with Gasteiger partial charge in [-0.2, -0.15) is 13.5 Å². The number of azo groups is 1. The largest absolute Gasteiger partial charge is 0.444 e. The van der Waals surface area contributed by atoms with Gasteiger partial charge in [0.2, 0.25) is 6.29 Å². The first-order valence-corrected chi connectivity index (χ1v) is 12.9. The van der Waals surface area contributed by atoms with Crippen LogP contribution in [-0.2, 0) is 19.3 Å². The molecule has 36 heavy (non-hydrogen) atoms. The summed E-state index contributed by atoms with van der Waals surface area (Å²) in [6.45, 7) is 7.09. The highest BCUT2D eigenvalue weighted by atomic mass is 32.3. The monoisotopic (exact) mass is 528 g/mol. The molecule has 0 aromatic heterocycles. The van der Waals surface area contributed by atoms with E-state index in [1.165, 1.54) is 0 Å². The molecule has 1 heterocycles. The van der Waals surface area contributed by atoms with Crippen LogP contribution in [0.1, 0.15) is 40.0 Å². The lowest BCUT2D eigenvalue weighted by Crippen LogP contribution is -2.35. The predicted octanol–water partition coefficient (Wildman–Crippen LogP) is 3.97. The van der Waals surface area contributed by atoms with Crippen molar-refractivity contribution in [3.63, 3.8) is 0 Å². The summed E-state index contributed by atoms with van der Waals surface area (Å²) in [5.74, 6) is 0. The molecule has 1 amide bonds. The SMILES string of the molecule is CN(C)c1ccc(N=NC2N(C)C=CN2CCCCCNC(=O)OC(C)(C)C)cc1.COS(=O)(=O)O. The van der Waals surface area contributed by atoms with Crippen LogP contribution in [0.5, 0.6) is 0 Å². The van der Waals surface area contributed by atoms with E-state index in [1.54, 1.807) is 0 Å². The van der Waals surface area contributed by atoms with Gasteiger partial charge in [-0.1, -0.05) is 0 Å². The number of hydrogen-bond acceptors (Lipinski definition) is 10. The Morgan fingerprint density at radius 2 is 1.75 bits per heavy atom. The van der Waals surface area contributed by atoms with Crippen molar-refractivity contribution in [2.75, 3.05) is 46.2 Å². The lowest BCUT2D eigenvalue weighted by atomic mass is 10.2. The lowest BCUT2D eigenvalue weighted by Gasteiger charge is -2.25. The maximum absolute atomic E-state index is 11.6. The second-order valence-electron chi connectivity index (χ2n) is 9.26. The Labute approximate surface area is 214 Å². The van der Waals surface area contributed by atoms with Crippen molar-refractivity contribution in [1.29, 1.82) is 0 Å². The first kappa shape index (κ1) is 31.1. The van der Waals surface area contributed by atoms with Gasteiger partial charge in [-0.3, -0.25) is 8.74 Å². The Morgan fingerprint density at radius 1 is 1.14 bits per heavy atom. The first-order chi connectivity index (χ1) is 16.7. The Morgan fingerprint density at radius 3 is 2.28 bits per heavy atom. The molecule has 0 fully saturated rings. The maximum atomic E-state index is 11.6. The molecule has 0 radical (unpaired) electrons. The van der Waals surface area contributed by atoms with Crippen LogP contribution in [0.25, 0.3) is 0 Å². The number of unbranched alkanes of at least 4 members (excludes halogenated alkanes) is 2. The van der Waals surface area contributed by atoms with Crippen LogP contribution in [0.4, 0.5) is 16.2 Å². The van der Waals surface area contributed by atoms with Gasteiger partial charge in [0.1, 0.15) is 5.60 Å². The molecule has 1 unspecified atom stereocenters. The van der Waals surface area contributed by atoms with Gasteiger partial charge < -0.3 is 24.8 Å². The molecule has 0 saturated heterocycles. The summed E-state index contributed by atoms with van der Waals surface area (Å²) in [7, 11) is 2.74. The van der Waals surface area contributed by atoms with Gasteiger partial charge in [0.05, 0.1) is 12.8 Å². The molecule has 1 atom stereocenters. The van der Waals surface area contributed by atoms with Crippen molar-refractivity contribution in [2.24, 2.45) is 10.2 Å². The third-order valence-corrected chi connectivity index (χ3v) is 5.19. The van der Waals surface area contributed by atoms with Crippen LogP contribution in [0.2, 0.25) is 0 Å². The molecular formula is C23H40N6O6S. The van der Waals surface area contributed by atoms with Crippen LogP contribution in [0, 0.1) is 0 Å². The third-order valence-electron chi connectivity index (χ3n) is 4.77. The molecule has 0 bridgehead atoms. The van der Waals surface area contributed by atoms with Gasteiger partial charge in [-0.25, -0.2) is 4.79 Å². The van der Waals surface area contributed by atoms with Gasteiger partial charge in [-0.15, -0.1) is 5.11 Å². The smallest absolute Gasteiger partial charge is 0.407 e. The number of alkyl carbamates (subject to hydrolysis) is 1. The summed E-state index contributed by atoms with van der Waals surface area (Å²) in [5.41, 5.74) is 1.52. The van der Waals surface area contributed by atoms with Gasteiger partial charge in [0.15, 0.2) is 0 Å². The van der Waals surface area contributed by atoms with Crippen LogP contribution < -0.4 is 10.2 Å². The molecular weight excluding hydrogens is 488 g/mol. The molecule has 0 spiro atoms. The second-order valence-corrected chi connectivity index (χ2v) is 10.4. The summed E-state index contributed by atoms with van der Waals surface area (Å²) < 4.78 is 34.9. The minimum absolute atomic E-state index is 0.126. The van der Waals surface area contributed by atoms with E-state index in [0.717, 1.165) is 44.3 Å². The summed E-state index contributed by atoms with van der Waals surface area (Å²) >= 11 is 0. The number of hydrogen-bond donors (Lipinski definition) is 2. The fourth-order valence-corrected chi connectivity index (χ4v) is 2.95. The topological polar surface area (TPSA) is 136 Å². The van der Waals surface area contributed by atoms with Gasteiger partial charge >= 0.3 is 16.5 Å². The zero-order valence-corrected chi connectivity index (χ0v) is 23.0. The number of nitrogens with one attached hydrogen (secondary N) is 1. The lowest BCUT2D eigenvalue weighted by molar-refractivity contribution is 0.0526. The normalized spacial score (nSPS) is 15.6.